The number of nitrogens with zero attached hydrogens (tertiary/aromatic N) is 1. The Morgan fingerprint density at radius 2 is 2.19 bits per heavy atom. The fourth-order valence-electron chi connectivity index (χ4n) is 1.54. The Balaban J connectivity index is 2.42. The van der Waals surface area contributed by atoms with Crippen LogP contribution < -0.4 is 9.46 Å². The molecule has 2 aromatic rings. The van der Waals surface area contributed by atoms with Crippen LogP contribution in [0.2, 0.25) is 5.02 Å². The van der Waals surface area contributed by atoms with Crippen molar-refractivity contribution < 1.29 is 23.1 Å². The van der Waals surface area contributed by atoms with Crippen LogP contribution >= 0.6 is 11.6 Å². The van der Waals surface area contributed by atoms with Crippen LogP contribution in [-0.2, 0) is 10.0 Å². The van der Waals surface area contributed by atoms with Gasteiger partial charge in [-0.1, -0.05) is 11.6 Å². The van der Waals surface area contributed by atoms with Crippen molar-refractivity contribution in [1.29, 1.82) is 0 Å². The van der Waals surface area contributed by atoms with E-state index >= 15 is 0 Å². The predicted molar refractivity (Wildman–Crippen MR) is 74.4 cm³/mol. The standard InChI is InChI=1S/C11H10ClN3O5S/c1-20-6-2-3-8(12)9(4-6)15-21(18,19)10-7(11(16)17)5-13-14-10/h2-5,15H,1H3,(H,13,14)(H,16,17). The molecule has 0 saturated carbocycles. The summed E-state index contributed by atoms with van der Waals surface area (Å²) in [6.07, 6.45) is 0.907. The molecule has 0 aliphatic heterocycles. The molecule has 112 valence electrons. The second kappa shape index (κ2) is 5.62. The van der Waals surface area contributed by atoms with Gasteiger partial charge in [0.05, 0.1) is 24.0 Å². The Hall–Kier alpha value is -2.26. The number of hydrogen-bond acceptors (Lipinski definition) is 5. The highest BCUT2D eigenvalue weighted by atomic mass is 35.5. The number of sulfonamides is 1. The summed E-state index contributed by atoms with van der Waals surface area (Å²) in [7, 11) is -2.77. The predicted octanol–water partition coefficient (Wildman–Crippen LogP) is 1.57. The Bertz CT molecular complexity index is 787. The zero-order chi connectivity index (χ0) is 15.6. The van der Waals surface area contributed by atoms with E-state index in [1.54, 1.807) is 6.07 Å². The van der Waals surface area contributed by atoms with Gasteiger partial charge >= 0.3 is 5.97 Å². The first-order valence-corrected chi connectivity index (χ1v) is 7.34. The fraction of sp³-hybridized carbons (Fsp3) is 0.0909. The molecule has 0 aliphatic rings. The molecule has 0 aliphatic carbocycles. The van der Waals surface area contributed by atoms with Crippen molar-refractivity contribution in [3.05, 3.63) is 35.0 Å². The molecule has 0 saturated heterocycles. The molecule has 1 heterocycles. The van der Waals surface area contributed by atoms with Crippen LogP contribution in [0.15, 0.2) is 29.4 Å². The first-order valence-electron chi connectivity index (χ1n) is 5.48. The van der Waals surface area contributed by atoms with Gasteiger partial charge in [0.1, 0.15) is 11.3 Å². The summed E-state index contributed by atoms with van der Waals surface area (Å²) in [6, 6.07) is 4.37. The zero-order valence-electron chi connectivity index (χ0n) is 10.6. The Labute approximate surface area is 124 Å². The number of carboxylic acid groups (broad SMARTS) is 1. The third-order valence-corrected chi connectivity index (χ3v) is 4.19. The van der Waals surface area contributed by atoms with Crippen LogP contribution in [0, 0.1) is 0 Å². The van der Waals surface area contributed by atoms with E-state index in [2.05, 4.69) is 14.9 Å². The van der Waals surface area contributed by atoms with Crippen molar-refractivity contribution in [2.45, 2.75) is 5.03 Å². The molecule has 0 bridgehead atoms. The summed E-state index contributed by atoms with van der Waals surface area (Å²) >= 11 is 5.90. The van der Waals surface area contributed by atoms with Gasteiger partial charge in [0.2, 0.25) is 0 Å². The lowest BCUT2D eigenvalue weighted by molar-refractivity contribution is 0.0692. The second-order valence-electron chi connectivity index (χ2n) is 3.87. The number of H-pyrrole nitrogens is 1. The molecule has 0 amide bonds. The van der Waals surface area contributed by atoms with E-state index in [1.165, 1.54) is 19.2 Å². The van der Waals surface area contributed by atoms with Crippen molar-refractivity contribution in [3.8, 4) is 5.75 Å². The topological polar surface area (TPSA) is 121 Å². The van der Waals surface area contributed by atoms with Crippen LogP contribution in [-0.4, -0.2) is 36.8 Å². The maximum absolute atomic E-state index is 12.2. The molecule has 2 rings (SSSR count). The Kier molecular flexibility index (Phi) is 4.05. The van der Waals surface area contributed by atoms with Crippen molar-refractivity contribution in [3.63, 3.8) is 0 Å². The lowest BCUT2D eigenvalue weighted by Gasteiger charge is -2.10. The van der Waals surface area contributed by atoms with Crippen molar-refractivity contribution in [2.75, 3.05) is 11.8 Å². The number of aromatic nitrogens is 2. The van der Waals surface area contributed by atoms with E-state index in [1.807, 2.05) is 0 Å². The molecule has 1 aromatic carbocycles. The van der Waals surface area contributed by atoms with Gasteiger partial charge in [0.15, 0.2) is 5.03 Å². The van der Waals surface area contributed by atoms with Crippen LogP contribution in [0.25, 0.3) is 0 Å². The van der Waals surface area contributed by atoms with Gasteiger partial charge in [-0.3, -0.25) is 9.82 Å². The van der Waals surface area contributed by atoms with Crippen LogP contribution in [0.5, 0.6) is 5.75 Å². The van der Waals surface area contributed by atoms with E-state index in [-0.39, 0.29) is 10.7 Å². The van der Waals surface area contributed by atoms with Gasteiger partial charge in [0, 0.05) is 6.07 Å². The lowest BCUT2D eigenvalue weighted by Crippen LogP contribution is -2.17. The number of halogens is 1. The Morgan fingerprint density at radius 1 is 1.48 bits per heavy atom. The molecule has 21 heavy (non-hydrogen) atoms. The average Bonchev–Trinajstić information content (AvgIpc) is 2.91. The number of carbonyl (C=O) groups is 1. The third-order valence-electron chi connectivity index (χ3n) is 2.52. The average molecular weight is 332 g/mol. The minimum Gasteiger partial charge on any atom is -0.497 e. The van der Waals surface area contributed by atoms with Gasteiger partial charge in [-0.2, -0.15) is 13.5 Å². The van der Waals surface area contributed by atoms with Crippen molar-refractivity contribution in [1.82, 2.24) is 10.2 Å². The van der Waals surface area contributed by atoms with E-state index in [0.29, 0.717) is 5.75 Å². The number of anilines is 1. The number of aromatic amines is 1. The molecule has 0 radical (unpaired) electrons. The lowest BCUT2D eigenvalue weighted by atomic mass is 10.3. The third kappa shape index (κ3) is 3.09. The second-order valence-corrected chi connectivity index (χ2v) is 5.90. The zero-order valence-corrected chi connectivity index (χ0v) is 12.2. The minimum absolute atomic E-state index is 0.0574. The first-order chi connectivity index (χ1) is 9.85. The van der Waals surface area contributed by atoms with Gasteiger partial charge < -0.3 is 9.84 Å². The smallest absolute Gasteiger partial charge is 0.340 e. The number of ether oxygens (including phenoxy) is 1. The largest absolute Gasteiger partial charge is 0.497 e. The van der Waals surface area contributed by atoms with Gasteiger partial charge in [-0.05, 0) is 12.1 Å². The minimum atomic E-state index is -4.18. The SMILES string of the molecule is COc1ccc(Cl)c(NS(=O)(=O)c2[nH]ncc2C(=O)O)c1. The highest BCUT2D eigenvalue weighted by molar-refractivity contribution is 7.92. The first kappa shape index (κ1) is 15.1. The van der Waals surface area contributed by atoms with Gasteiger partial charge in [-0.25, -0.2) is 4.79 Å². The summed E-state index contributed by atoms with van der Waals surface area (Å²) in [5.41, 5.74) is -0.413. The molecule has 0 fully saturated rings. The highest BCUT2D eigenvalue weighted by Gasteiger charge is 2.25. The number of rotatable bonds is 5. The molecule has 10 heteroatoms. The number of carboxylic acids is 1. The molecule has 0 atom stereocenters. The molecule has 8 nitrogen and oxygen atoms in total. The fourth-order valence-corrected chi connectivity index (χ4v) is 2.92. The maximum Gasteiger partial charge on any atom is 0.340 e. The summed E-state index contributed by atoms with van der Waals surface area (Å²) in [5, 5.41) is 14.1. The monoisotopic (exact) mass is 331 g/mol. The molecular formula is C11H10ClN3O5S. The Morgan fingerprint density at radius 3 is 2.81 bits per heavy atom. The molecule has 0 unspecified atom stereocenters. The van der Waals surface area contributed by atoms with E-state index in [0.717, 1.165) is 6.20 Å². The van der Waals surface area contributed by atoms with Gasteiger partial charge in [0.25, 0.3) is 10.0 Å². The normalized spacial score (nSPS) is 11.1. The van der Waals surface area contributed by atoms with E-state index in [9.17, 15) is 13.2 Å². The van der Waals surface area contributed by atoms with Crippen LogP contribution in [0.3, 0.4) is 0 Å². The maximum atomic E-state index is 12.2. The number of methoxy groups -OCH3 is 1. The molecule has 3 N–H and O–H groups in total. The van der Waals surface area contributed by atoms with Crippen molar-refractivity contribution >= 4 is 33.3 Å². The number of aromatic carboxylic acids is 1. The van der Waals surface area contributed by atoms with Crippen LogP contribution in [0.4, 0.5) is 5.69 Å². The van der Waals surface area contributed by atoms with Crippen molar-refractivity contribution in [2.24, 2.45) is 0 Å². The summed E-state index contributed by atoms with van der Waals surface area (Å²) in [5.74, 6) is -1.03. The summed E-state index contributed by atoms with van der Waals surface area (Å²) in [4.78, 5) is 11.0. The van der Waals surface area contributed by atoms with Gasteiger partial charge in [-0.15, -0.1) is 0 Å². The molecule has 0 spiro atoms. The number of hydrogen-bond donors (Lipinski definition) is 3. The number of nitrogens with one attached hydrogen (secondary N) is 2. The number of benzene rings is 1. The molecule has 1 aromatic heterocycles. The summed E-state index contributed by atoms with van der Waals surface area (Å²) in [6.45, 7) is 0. The summed E-state index contributed by atoms with van der Waals surface area (Å²) < 4.78 is 31.5. The quantitative estimate of drug-likeness (QED) is 0.764. The van der Waals surface area contributed by atoms with E-state index < -0.39 is 26.6 Å². The molecular weight excluding hydrogens is 322 g/mol. The van der Waals surface area contributed by atoms with E-state index in [4.69, 9.17) is 21.4 Å². The highest BCUT2D eigenvalue weighted by Crippen LogP contribution is 2.29. The van der Waals surface area contributed by atoms with Crippen LogP contribution in [0.1, 0.15) is 10.4 Å².